The molecule has 0 aliphatic rings. The number of carbonyl (C=O) groups excluding carboxylic acids is 1. The van der Waals surface area contributed by atoms with E-state index in [-0.39, 0.29) is 28.8 Å². The third kappa shape index (κ3) is 5.31. The van der Waals surface area contributed by atoms with Gasteiger partial charge in [-0.05, 0) is 11.6 Å². The number of aromatic nitrogens is 7. The molecule has 3 aromatic heterocycles. The minimum atomic E-state index is -3.17. The molecule has 0 atom stereocenters. The number of aryl methyl sites for hydroxylation is 1. The SMILES string of the molecule is Cn1ccc(Nc2ncnc(-c3ccc(CNC(=O)c4nc(C(C)(C)C)no4)c(C(F)F)c3F)n2)n1. The van der Waals surface area contributed by atoms with Gasteiger partial charge < -0.3 is 15.2 Å². The highest BCUT2D eigenvalue weighted by atomic mass is 19.3. The van der Waals surface area contributed by atoms with Crippen LogP contribution in [0.2, 0.25) is 0 Å². The molecule has 11 nitrogen and oxygen atoms in total. The van der Waals surface area contributed by atoms with Gasteiger partial charge in [0.1, 0.15) is 12.1 Å². The molecular weight excluding hydrogens is 479 g/mol. The Labute approximate surface area is 203 Å². The van der Waals surface area contributed by atoms with E-state index in [1.807, 2.05) is 20.8 Å². The standard InChI is InChI=1S/C22H22F3N9O2/c1-22(2,3)20-31-19(36-33-20)18(35)26-9-11-5-6-12(15(23)14(11)16(24)25)17-27-10-28-21(30-17)29-13-7-8-34(4)32-13/h5-8,10,16H,9H2,1-4H3,(H,26,35)(H,27,28,29,30,32). The van der Waals surface area contributed by atoms with E-state index in [0.717, 1.165) is 6.33 Å². The van der Waals surface area contributed by atoms with Crippen molar-refractivity contribution in [1.82, 2.24) is 40.2 Å². The molecule has 0 bridgehead atoms. The van der Waals surface area contributed by atoms with Crippen LogP contribution in [0.1, 0.15) is 54.8 Å². The number of benzene rings is 1. The van der Waals surface area contributed by atoms with Gasteiger partial charge in [0, 0.05) is 31.3 Å². The Balaban J connectivity index is 1.56. The summed E-state index contributed by atoms with van der Waals surface area (Å²) in [6.07, 6.45) is -0.349. The Kier molecular flexibility index (Phi) is 6.68. The van der Waals surface area contributed by atoms with Crippen LogP contribution in [0.3, 0.4) is 0 Å². The van der Waals surface area contributed by atoms with Crippen LogP contribution in [0, 0.1) is 5.82 Å². The number of nitrogens with one attached hydrogen (secondary N) is 2. The molecular formula is C22H22F3N9O2. The van der Waals surface area contributed by atoms with E-state index in [2.05, 4.69) is 40.8 Å². The zero-order valence-electron chi connectivity index (χ0n) is 19.8. The summed E-state index contributed by atoms with van der Waals surface area (Å²) >= 11 is 0. The fourth-order valence-electron chi connectivity index (χ4n) is 3.15. The number of rotatable bonds is 7. The lowest BCUT2D eigenvalue weighted by molar-refractivity contribution is 0.0905. The van der Waals surface area contributed by atoms with Crippen LogP contribution in [-0.2, 0) is 19.0 Å². The van der Waals surface area contributed by atoms with Gasteiger partial charge in [0.25, 0.3) is 6.43 Å². The Hall–Kier alpha value is -4.36. The third-order valence-corrected chi connectivity index (χ3v) is 4.99. The maximum Gasteiger partial charge on any atom is 0.315 e. The largest absolute Gasteiger partial charge is 0.344 e. The van der Waals surface area contributed by atoms with Gasteiger partial charge in [0.05, 0.1) is 11.1 Å². The Morgan fingerprint density at radius 2 is 1.94 bits per heavy atom. The number of amides is 1. The van der Waals surface area contributed by atoms with Crippen molar-refractivity contribution < 1.29 is 22.5 Å². The summed E-state index contributed by atoms with van der Waals surface area (Å²) in [5.41, 5.74) is -1.71. The van der Waals surface area contributed by atoms with Crippen molar-refractivity contribution >= 4 is 17.7 Å². The van der Waals surface area contributed by atoms with E-state index in [1.165, 1.54) is 12.1 Å². The van der Waals surface area contributed by atoms with Crippen molar-refractivity contribution in [2.45, 2.75) is 39.2 Å². The number of anilines is 2. The van der Waals surface area contributed by atoms with Crippen molar-refractivity contribution in [1.29, 1.82) is 0 Å². The van der Waals surface area contributed by atoms with Gasteiger partial charge in [0.2, 0.25) is 5.95 Å². The summed E-state index contributed by atoms with van der Waals surface area (Å²) in [6, 6.07) is 4.19. The molecule has 2 N–H and O–H groups in total. The third-order valence-electron chi connectivity index (χ3n) is 4.99. The molecule has 4 rings (SSSR count). The van der Waals surface area contributed by atoms with Crippen LogP contribution in [0.5, 0.6) is 0 Å². The summed E-state index contributed by atoms with van der Waals surface area (Å²) < 4.78 is 49.5. The number of alkyl halides is 2. The maximum atomic E-state index is 15.2. The molecule has 0 spiro atoms. The lowest BCUT2D eigenvalue weighted by Crippen LogP contribution is -2.24. The average Bonchev–Trinajstić information content (AvgIpc) is 3.47. The summed E-state index contributed by atoms with van der Waals surface area (Å²) in [7, 11) is 1.72. The van der Waals surface area contributed by atoms with Gasteiger partial charge >= 0.3 is 11.8 Å². The molecule has 0 aliphatic carbocycles. The van der Waals surface area contributed by atoms with Crippen LogP contribution in [0.15, 0.2) is 35.2 Å². The molecule has 0 saturated carbocycles. The van der Waals surface area contributed by atoms with E-state index in [0.29, 0.717) is 11.6 Å². The highest BCUT2D eigenvalue weighted by Gasteiger charge is 2.26. The normalized spacial score (nSPS) is 11.7. The number of hydrogen-bond acceptors (Lipinski definition) is 9. The molecule has 188 valence electrons. The van der Waals surface area contributed by atoms with Crippen LogP contribution in [-0.4, -0.2) is 40.8 Å². The molecule has 3 heterocycles. The lowest BCUT2D eigenvalue weighted by atomic mass is 9.96. The van der Waals surface area contributed by atoms with Gasteiger partial charge in [-0.25, -0.2) is 23.1 Å². The van der Waals surface area contributed by atoms with E-state index < -0.39 is 35.7 Å². The predicted molar refractivity (Wildman–Crippen MR) is 121 cm³/mol. The Morgan fingerprint density at radius 3 is 2.58 bits per heavy atom. The van der Waals surface area contributed by atoms with Crippen molar-refractivity contribution in [3.8, 4) is 11.4 Å². The minimum Gasteiger partial charge on any atom is -0.344 e. The van der Waals surface area contributed by atoms with Crippen LogP contribution in [0.25, 0.3) is 11.4 Å². The van der Waals surface area contributed by atoms with E-state index in [9.17, 15) is 13.6 Å². The zero-order chi connectivity index (χ0) is 26.0. The molecule has 0 radical (unpaired) electrons. The predicted octanol–water partition coefficient (Wildman–Crippen LogP) is 3.70. The van der Waals surface area contributed by atoms with Crippen molar-refractivity contribution in [3.05, 3.63) is 59.4 Å². The number of carbonyl (C=O) groups is 1. The van der Waals surface area contributed by atoms with Gasteiger partial charge in [-0.3, -0.25) is 9.48 Å². The van der Waals surface area contributed by atoms with Gasteiger partial charge in [-0.1, -0.05) is 32.0 Å². The maximum absolute atomic E-state index is 15.2. The number of halogens is 3. The second-order valence-corrected chi connectivity index (χ2v) is 8.79. The quantitative estimate of drug-likeness (QED) is 0.388. The molecule has 0 saturated heterocycles. The molecule has 36 heavy (non-hydrogen) atoms. The first-order chi connectivity index (χ1) is 17.0. The topological polar surface area (TPSA) is 137 Å². The van der Waals surface area contributed by atoms with Gasteiger partial charge in [-0.2, -0.15) is 15.1 Å². The second kappa shape index (κ2) is 9.71. The zero-order valence-corrected chi connectivity index (χ0v) is 19.8. The van der Waals surface area contributed by atoms with Crippen molar-refractivity contribution in [2.24, 2.45) is 7.05 Å². The molecule has 1 amide bonds. The highest BCUT2D eigenvalue weighted by molar-refractivity contribution is 5.89. The Bertz CT molecular complexity index is 1400. The van der Waals surface area contributed by atoms with Crippen molar-refractivity contribution in [2.75, 3.05) is 5.32 Å². The van der Waals surface area contributed by atoms with E-state index in [4.69, 9.17) is 4.52 Å². The average molecular weight is 501 g/mol. The second-order valence-electron chi connectivity index (χ2n) is 8.79. The fraction of sp³-hybridized carbons (Fsp3) is 0.318. The molecule has 0 fully saturated rings. The summed E-state index contributed by atoms with van der Waals surface area (Å²) in [5, 5.41) is 13.1. The first kappa shape index (κ1) is 24.8. The van der Waals surface area contributed by atoms with E-state index in [1.54, 1.807) is 24.0 Å². The van der Waals surface area contributed by atoms with Gasteiger partial charge in [-0.15, -0.1) is 0 Å². The molecule has 1 aromatic carbocycles. The highest BCUT2D eigenvalue weighted by Crippen LogP contribution is 2.32. The van der Waals surface area contributed by atoms with E-state index >= 15 is 4.39 Å². The molecule has 14 heteroatoms. The van der Waals surface area contributed by atoms with Crippen LogP contribution >= 0.6 is 0 Å². The first-order valence-electron chi connectivity index (χ1n) is 10.7. The minimum absolute atomic E-state index is 0.0576. The lowest BCUT2D eigenvalue weighted by Gasteiger charge is -2.13. The fourth-order valence-corrected chi connectivity index (χ4v) is 3.15. The van der Waals surface area contributed by atoms with Crippen LogP contribution in [0.4, 0.5) is 24.9 Å². The smallest absolute Gasteiger partial charge is 0.315 e. The summed E-state index contributed by atoms with van der Waals surface area (Å²) in [6.45, 7) is 5.11. The van der Waals surface area contributed by atoms with Gasteiger partial charge in [0.15, 0.2) is 17.5 Å². The first-order valence-corrected chi connectivity index (χ1v) is 10.7. The van der Waals surface area contributed by atoms with Crippen molar-refractivity contribution in [3.63, 3.8) is 0 Å². The summed E-state index contributed by atoms with van der Waals surface area (Å²) in [5.74, 6) is -1.66. The number of nitrogens with zero attached hydrogens (tertiary/aromatic N) is 7. The van der Waals surface area contributed by atoms with Crippen LogP contribution < -0.4 is 10.6 Å². The number of hydrogen-bond donors (Lipinski definition) is 2. The summed E-state index contributed by atoms with van der Waals surface area (Å²) in [4.78, 5) is 28.4. The Morgan fingerprint density at radius 1 is 1.17 bits per heavy atom. The monoisotopic (exact) mass is 501 g/mol. The molecule has 0 unspecified atom stereocenters. The molecule has 4 aromatic rings. The molecule has 0 aliphatic heterocycles.